The van der Waals surface area contributed by atoms with Gasteiger partial charge in [0.1, 0.15) is 0 Å². The van der Waals surface area contributed by atoms with E-state index in [4.69, 9.17) is 0 Å². The number of nitrogens with one attached hydrogen (secondary N) is 1. The molecule has 0 unspecified atom stereocenters. The number of likely N-dealkylation sites (tertiary alicyclic amines) is 1. The number of halogens is 1. The van der Waals surface area contributed by atoms with Crippen molar-refractivity contribution in [3.05, 3.63) is 34.9 Å². The second kappa shape index (κ2) is 7.65. The van der Waals surface area contributed by atoms with Gasteiger partial charge in [0.15, 0.2) is 0 Å². The van der Waals surface area contributed by atoms with E-state index in [9.17, 15) is 4.79 Å². The molecule has 1 aromatic rings. The van der Waals surface area contributed by atoms with Crippen molar-refractivity contribution in [2.75, 3.05) is 26.7 Å². The maximum atomic E-state index is 12.5. The Balaban J connectivity index is 0.00000200. The summed E-state index contributed by atoms with van der Waals surface area (Å²) >= 11 is 0. The van der Waals surface area contributed by atoms with Crippen molar-refractivity contribution in [1.82, 2.24) is 10.2 Å². The van der Waals surface area contributed by atoms with Crippen LogP contribution in [-0.2, 0) is 0 Å². The molecule has 0 aromatic heterocycles. The Bertz CT molecular complexity index is 454. The van der Waals surface area contributed by atoms with Crippen LogP contribution in [0.3, 0.4) is 0 Å². The third-order valence-corrected chi connectivity index (χ3v) is 4.02. The number of aryl methyl sites for hydroxylation is 2. The largest absolute Gasteiger partial charge is 0.339 e. The highest BCUT2D eigenvalue weighted by Gasteiger charge is 2.24. The standard InChI is InChI=1S/C16H24N2O.ClH/c1-12-4-5-13(2)15(10-12)16(19)18-8-6-14(7-9-18)11-17-3;/h4-5,10,14,17H,6-9,11H2,1-3H3;1H. The molecule has 1 aliphatic rings. The molecule has 0 atom stereocenters. The maximum Gasteiger partial charge on any atom is 0.254 e. The first-order valence-corrected chi connectivity index (χ1v) is 7.13. The fraction of sp³-hybridized carbons (Fsp3) is 0.562. The Labute approximate surface area is 128 Å². The van der Waals surface area contributed by atoms with Crippen molar-refractivity contribution in [2.45, 2.75) is 26.7 Å². The van der Waals surface area contributed by atoms with Crippen molar-refractivity contribution in [1.29, 1.82) is 0 Å². The minimum absolute atomic E-state index is 0. The minimum Gasteiger partial charge on any atom is -0.339 e. The average molecular weight is 297 g/mol. The lowest BCUT2D eigenvalue weighted by atomic mass is 9.95. The second-order valence-electron chi connectivity index (χ2n) is 5.61. The Morgan fingerprint density at radius 2 is 1.95 bits per heavy atom. The lowest BCUT2D eigenvalue weighted by molar-refractivity contribution is 0.0690. The minimum atomic E-state index is 0. The number of rotatable bonds is 3. The first-order valence-electron chi connectivity index (χ1n) is 7.13. The van der Waals surface area contributed by atoms with E-state index in [2.05, 4.69) is 11.4 Å². The van der Waals surface area contributed by atoms with Gasteiger partial charge in [-0.3, -0.25) is 4.79 Å². The zero-order valence-electron chi connectivity index (χ0n) is 12.6. The van der Waals surface area contributed by atoms with E-state index in [1.807, 2.05) is 37.9 Å². The van der Waals surface area contributed by atoms with Crippen molar-refractivity contribution >= 4 is 18.3 Å². The molecule has 1 fully saturated rings. The van der Waals surface area contributed by atoms with Crippen LogP contribution in [0, 0.1) is 19.8 Å². The molecule has 1 heterocycles. The van der Waals surface area contributed by atoms with Gasteiger partial charge in [-0.2, -0.15) is 0 Å². The Kier molecular flexibility index (Phi) is 6.50. The molecular weight excluding hydrogens is 272 g/mol. The molecule has 1 aromatic carbocycles. The number of hydrogen-bond acceptors (Lipinski definition) is 2. The third-order valence-electron chi connectivity index (χ3n) is 4.02. The molecule has 112 valence electrons. The highest BCUT2D eigenvalue weighted by Crippen LogP contribution is 2.20. The second-order valence-corrected chi connectivity index (χ2v) is 5.61. The molecule has 1 N–H and O–H groups in total. The van der Waals surface area contributed by atoms with Gasteiger partial charge >= 0.3 is 0 Å². The number of piperidine rings is 1. The zero-order chi connectivity index (χ0) is 13.8. The maximum absolute atomic E-state index is 12.5. The van der Waals surface area contributed by atoms with Crippen LogP contribution in [0.25, 0.3) is 0 Å². The van der Waals surface area contributed by atoms with E-state index >= 15 is 0 Å². The van der Waals surface area contributed by atoms with E-state index < -0.39 is 0 Å². The molecule has 0 radical (unpaired) electrons. The lowest BCUT2D eigenvalue weighted by Crippen LogP contribution is -2.40. The van der Waals surface area contributed by atoms with Crippen molar-refractivity contribution in [3.63, 3.8) is 0 Å². The molecule has 0 saturated carbocycles. The van der Waals surface area contributed by atoms with Gasteiger partial charge in [0.25, 0.3) is 5.91 Å². The molecule has 0 bridgehead atoms. The van der Waals surface area contributed by atoms with E-state index in [0.29, 0.717) is 5.92 Å². The third kappa shape index (κ3) is 3.97. The number of amides is 1. The molecule has 1 saturated heterocycles. The van der Waals surface area contributed by atoms with E-state index in [-0.39, 0.29) is 18.3 Å². The number of benzene rings is 1. The number of carbonyl (C=O) groups is 1. The van der Waals surface area contributed by atoms with E-state index in [1.165, 1.54) is 0 Å². The molecule has 1 aliphatic heterocycles. The molecule has 3 nitrogen and oxygen atoms in total. The quantitative estimate of drug-likeness (QED) is 0.930. The molecule has 0 aliphatic carbocycles. The van der Waals surface area contributed by atoms with Gasteiger partial charge in [-0.25, -0.2) is 0 Å². The van der Waals surface area contributed by atoms with Gasteiger partial charge in [-0.1, -0.05) is 17.7 Å². The summed E-state index contributed by atoms with van der Waals surface area (Å²) in [5.74, 6) is 0.914. The first-order chi connectivity index (χ1) is 9.11. The summed E-state index contributed by atoms with van der Waals surface area (Å²) in [6.45, 7) is 6.89. The van der Waals surface area contributed by atoms with Crippen LogP contribution >= 0.6 is 12.4 Å². The summed E-state index contributed by atoms with van der Waals surface area (Å²) in [4.78, 5) is 14.6. The Hall–Kier alpha value is -1.06. The van der Waals surface area contributed by atoms with Crippen LogP contribution in [0.2, 0.25) is 0 Å². The number of nitrogens with zero attached hydrogens (tertiary/aromatic N) is 1. The molecule has 0 spiro atoms. The van der Waals surface area contributed by atoms with E-state index in [1.54, 1.807) is 0 Å². The van der Waals surface area contributed by atoms with Crippen LogP contribution in [0.5, 0.6) is 0 Å². The van der Waals surface area contributed by atoms with Gasteiger partial charge in [0.2, 0.25) is 0 Å². The fourth-order valence-corrected chi connectivity index (χ4v) is 2.77. The highest BCUT2D eigenvalue weighted by atomic mass is 35.5. The average Bonchev–Trinajstić information content (AvgIpc) is 2.42. The van der Waals surface area contributed by atoms with Crippen LogP contribution in [-0.4, -0.2) is 37.5 Å². The smallest absolute Gasteiger partial charge is 0.254 e. The van der Waals surface area contributed by atoms with Crippen molar-refractivity contribution in [2.24, 2.45) is 5.92 Å². The van der Waals surface area contributed by atoms with Crippen LogP contribution < -0.4 is 5.32 Å². The Morgan fingerprint density at radius 3 is 2.55 bits per heavy atom. The molecule has 20 heavy (non-hydrogen) atoms. The molecule has 4 heteroatoms. The first kappa shape index (κ1) is 17.0. The normalized spacial score (nSPS) is 15.8. The molecule has 1 amide bonds. The van der Waals surface area contributed by atoms with Crippen LogP contribution in [0.1, 0.15) is 34.3 Å². The van der Waals surface area contributed by atoms with Gasteiger partial charge in [0, 0.05) is 18.7 Å². The molecule has 2 rings (SSSR count). The predicted octanol–water partition coefficient (Wildman–Crippen LogP) is 2.80. The summed E-state index contributed by atoms with van der Waals surface area (Å²) < 4.78 is 0. The Morgan fingerprint density at radius 1 is 1.30 bits per heavy atom. The van der Waals surface area contributed by atoms with Gasteiger partial charge in [0.05, 0.1) is 0 Å². The van der Waals surface area contributed by atoms with Gasteiger partial charge in [-0.15, -0.1) is 12.4 Å². The lowest BCUT2D eigenvalue weighted by Gasteiger charge is -2.32. The summed E-state index contributed by atoms with van der Waals surface area (Å²) in [5.41, 5.74) is 3.10. The van der Waals surface area contributed by atoms with Gasteiger partial charge < -0.3 is 10.2 Å². The monoisotopic (exact) mass is 296 g/mol. The number of carbonyl (C=O) groups excluding carboxylic acids is 1. The summed E-state index contributed by atoms with van der Waals surface area (Å²) in [6, 6.07) is 6.11. The summed E-state index contributed by atoms with van der Waals surface area (Å²) in [7, 11) is 1.99. The topological polar surface area (TPSA) is 32.3 Å². The van der Waals surface area contributed by atoms with E-state index in [0.717, 1.165) is 49.2 Å². The predicted molar refractivity (Wildman–Crippen MR) is 85.7 cm³/mol. The molecular formula is C16H25ClN2O. The zero-order valence-corrected chi connectivity index (χ0v) is 13.4. The summed E-state index contributed by atoms with van der Waals surface area (Å²) in [6.07, 6.45) is 2.22. The number of hydrogen-bond donors (Lipinski definition) is 1. The van der Waals surface area contributed by atoms with Crippen molar-refractivity contribution in [3.8, 4) is 0 Å². The van der Waals surface area contributed by atoms with Crippen LogP contribution in [0.4, 0.5) is 0 Å². The fourth-order valence-electron chi connectivity index (χ4n) is 2.77. The SMILES string of the molecule is CNCC1CCN(C(=O)c2cc(C)ccc2C)CC1.Cl. The summed E-state index contributed by atoms with van der Waals surface area (Å²) in [5, 5.41) is 3.23. The van der Waals surface area contributed by atoms with Gasteiger partial charge in [-0.05, 0) is 57.8 Å². The van der Waals surface area contributed by atoms with Crippen LogP contribution in [0.15, 0.2) is 18.2 Å². The van der Waals surface area contributed by atoms with Crippen molar-refractivity contribution < 1.29 is 4.79 Å². The highest BCUT2D eigenvalue weighted by molar-refractivity contribution is 5.95.